The van der Waals surface area contributed by atoms with Crippen molar-refractivity contribution >= 4 is 18.0 Å². The van der Waals surface area contributed by atoms with Crippen molar-refractivity contribution in [3.8, 4) is 11.4 Å². The van der Waals surface area contributed by atoms with Crippen molar-refractivity contribution in [2.24, 2.45) is 0 Å². The van der Waals surface area contributed by atoms with Gasteiger partial charge in [0, 0.05) is 36.1 Å². The van der Waals surface area contributed by atoms with Crippen LogP contribution in [-0.4, -0.2) is 43.2 Å². The molecule has 9 heteroatoms. The standard InChI is InChI=1S/C23H26N6O.CH2O2/c1-4-18-6-11-27(12-7-18)14-10-24-23(30)19-8-13-28-21(16-25-22(28)15-19)20-5-9-26-29(20)17(2)3;2-1-3/h5-9,11-13,15-17H,4,10,14H2,1-3H3;1H,(H,2,3)/p+1. The highest BCUT2D eigenvalue weighted by Gasteiger charge is 2.14. The lowest BCUT2D eigenvalue weighted by molar-refractivity contribution is -0.694. The summed E-state index contributed by atoms with van der Waals surface area (Å²) in [6, 6.07) is 10.1. The van der Waals surface area contributed by atoms with Crippen LogP contribution in [0.1, 0.15) is 42.7 Å². The molecule has 0 spiro atoms. The van der Waals surface area contributed by atoms with Crippen LogP contribution < -0.4 is 9.88 Å². The molecule has 9 nitrogen and oxygen atoms in total. The molecule has 0 unspecified atom stereocenters. The van der Waals surface area contributed by atoms with Gasteiger partial charge in [-0.3, -0.25) is 18.7 Å². The summed E-state index contributed by atoms with van der Waals surface area (Å²) in [4.78, 5) is 25.4. The fourth-order valence-electron chi connectivity index (χ4n) is 3.51. The van der Waals surface area contributed by atoms with Gasteiger partial charge in [-0.25, -0.2) is 9.55 Å². The van der Waals surface area contributed by atoms with Crippen LogP contribution in [0.3, 0.4) is 0 Å². The zero-order valence-electron chi connectivity index (χ0n) is 19.0. The molecule has 0 bridgehead atoms. The molecule has 0 aliphatic carbocycles. The lowest BCUT2D eigenvalue weighted by Crippen LogP contribution is -2.40. The molecule has 4 aromatic heterocycles. The third-order valence-corrected chi connectivity index (χ3v) is 5.22. The van der Waals surface area contributed by atoms with Gasteiger partial charge in [-0.1, -0.05) is 6.92 Å². The van der Waals surface area contributed by atoms with Gasteiger partial charge in [-0.15, -0.1) is 0 Å². The maximum absolute atomic E-state index is 12.6. The molecule has 172 valence electrons. The number of carboxylic acid groups (broad SMARTS) is 1. The second-order valence-corrected chi connectivity index (χ2v) is 7.70. The summed E-state index contributed by atoms with van der Waals surface area (Å²) in [6.45, 7) is 7.37. The van der Waals surface area contributed by atoms with Crippen molar-refractivity contribution in [1.29, 1.82) is 0 Å². The smallest absolute Gasteiger partial charge is 0.290 e. The summed E-state index contributed by atoms with van der Waals surface area (Å²) in [5.74, 6) is -0.0972. The quantitative estimate of drug-likeness (QED) is 0.333. The molecule has 4 rings (SSSR count). The first-order chi connectivity index (χ1) is 16.0. The van der Waals surface area contributed by atoms with Crippen molar-refractivity contribution in [3.05, 3.63) is 72.4 Å². The minimum absolute atomic E-state index is 0.0972. The van der Waals surface area contributed by atoms with Crippen LogP contribution in [0.15, 0.2) is 61.3 Å². The fraction of sp³-hybridized carbons (Fsp3) is 0.292. The first kappa shape index (κ1) is 23.6. The SMILES string of the molecule is CCc1cc[n+](CCNC(=O)c2ccn3c(-c4ccnn4C(C)C)cnc3c2)cc1.O=CO. The predicted molar refractivity (Wildman–Crippen MR) is 124 cm³/mol. The summed E-state index contributed by atoms with van der Waals surface area (Å²) in [5.41, 5.74) is 4.59. The summed E-state index contributed by atoms with van der Waals surface area (Å²) in [5, 5.41) is 14.3. The number of amides is 1. The fourth-order valence-corrected chi connectivity index (χ4v) is 3.51. The second kappa shape index (κ2) is 11.0. The highest BCUT2D eigenvalue weighted by Crippen LogP contribution is 2.23. The van der Waals surface area contributed by atoms with Crippen molar-refractivity contribution in [3.63, 3.8) is 0 Å². The number of carbonyl (C=O) groups excluding carboxylic acids is 1. The third-order valence-electron chi connectivity index (χ3n) is 5.22. The van der Waals surface area contributed by atoms with Crippen LogP contribution >= 0.6 is 0 Å². The third kappa shape index (κ3) is 5.62. The van der Waals surface area contributed by atoms with Crippen LogP contribution in [0.5, 0.6) is 0 Å². The van der Waals surface area contributed by atoms with Gasteiger partial charge in [-0.05, 0) is 44.0 Å². The first-order valence-electron chi connectivity index (χ1n) is 10.8. The van der Waals surface area contributed by atoms with Crippen molar-refractivity contribution in [2.45, 2.75) is 39.8 Å². The van der Waals surface area contributed by atoms with Crippen molar-refractivity contribution in [1.82, 2.24) is 24.5 Å². The number of nitrogens with one attached hydrogen (secondary N) is 1. The van der Waals surface area contributed by atoms with E-state index in [2.05, 4.69) is 52.9 Å². The van der Waals surface area contributed by atoms with Crippen LogP contribution in [0.2, 0.25) is 0 Å². The Bertz CT molecular complexity index is 1210. The Morgan fingerprint density at radius 1 is 1.21 bits per heavy atom. The minimum Gasteiger partial charge on any atom is -0.483 e. The zero-order chi connectivity index (χ0) is 23.8. The number of hydrogen-bond acceptors (Lipinski definition) is 4. The Hall–Kier alpha value is -4.01. The highest BCUT2D eigenvalue weighted by atomic mass is 16.3. The largest absolute Gasteiger partial charge is 0.483 e. The van der Waals surface area contributed by atoms with E-state index in [-0.39, 0.29) is 18.4 Å². The molecule has 4 heterocycles. The number of rotatable bonds is 7. The van der Waals surface area contributed by atoms with E-state index < -0.39 is 0 Å². The Labute approximate surface area is 192 Å². The minimum atomic E-state index is -0.250. The Balaban J connectivity index is 0.000000968. The summed E-state index contributed by atoms with van der Waals surface area (Å²) < 4.78 is 6.02. The van der Waals surface area contributed by atoms with E-state index in [1.807, 2.05) is 52.1 Å². The molecule has 4 aromatic rings. The zero-order valence-corrected chi connectivity index (χ0v) is 19.0. The number of carbonyl (C=O) groups is 2. The van der Waals surface area contributed by atoms with Crippen LogP contribution in [0, 0.1) is 0 Å². The maximum atomic E-state index is 12.6. The van der Waals surface area contributed by atoms with E-state index in [1.54, 1.807) is 6.20 Å². The maximum Gasteiger partial charge on any atom is 0.290 e. The number of nitrogens with zero attached hydrogens (tertiary/aromatic N) is 5. The van der Waals surface area contributed by atoms with Gasteiger partial charge in [-0.2, -0.15) is 5.10 Å². The van der Waals surface area contributed by atoms with Gasteiger partial charge in [0.2, 0.25) is 0 Å². The number of aromatic nitrogens is 5. The molecule has 0 radical (unpaired) electrons. The molecule has 2 N–H and O–H groups in total. The molecular weight excluding hydrogens is 420 g/mol. The molecule has 0 aliphatic rings. The summed E-state index contributed by atoms with van der Waals surface area (Å²) >= 11 is 0. The molecule has 1 amide bonds. The van der Waals surface area contributed by atoms with Gasteiger partial charge < -0.3 is 10.4 Å². The lowest BCUT2D eigenvalue weighted by Gasteiger charge is -2.11. The van der Waals surface area contributed by atoms with Crippen molar-refractivity contribution < 1.29 is 19.3 Å². The van der Waals surface area contributed by atoms with E-state index in [9.17, 15) is 4.79 Å². The van der Waals surface area contributed by atoms with Gasteiger partial charge in [0.25, 0.3) is 12.4 Å². The van der Waals surface area contributed by atoms with Gasteiger partial charge in [0.15, 0.2) is 18.9 Å². The molecule has 0 fully saturated rings. The Morgan fingerprint density at radius 2 is 1.94 bits per heavy atom. The average Bonchev–Trinajstić information content (AvgIpc) is 3.46. The lowest BCUT2D eigenvalue weighted by atomic mass is 10.2. The number of pyridine rings is 2. The van der Waals surface area contributed by atoms with E-state index >= 15 is 0 Å². The number of hydrogen-bond donors (Lipinski definition) is 2. The molecular formula is C24H29N6O3+. The highest BCUT2D eigenvalue weighted by molar-refractivity contribution is 5.95. The van der Waals surface area contributed by atoms with Gasteiger partial charge in [0.1, 0.15) is 5.65 Å². The van der Waals surface area contributed by atoms with Crippen LogP contribution in [0.4, 0.5) is 0 Å². The normalized spacial score (nSPS) is 10.7. The number of aryl methyl sites for hydroxylation is 1. The summed E-state index contributed by atoms with van der Waals surface area (Å²) in [6.07, 6.45) is 10.6. The van der Waals surface area contributed by atoms with Gasteiger partial charge >= 0.3 is 0 Å². The molecule has 0 saturated heterocycles. The van der Waals surface area contributed by atoms with E-state index in [4.69, 9.17) is 9.90 Å². The summed E-state index contributed by atoms with van der Waals surface area (Å²) in [7, 11) is 0. The molecule has 0 atom stereocenters. The topological polar surface area (TPSA) is 105 Å². The molecule has 0 aromatic carbocycles. The molecule has 0 saturated carbocycles. The predicted octanol–water partition coefficient (Wildman–Crippen LogP) is 2.76. The number of imidazole rings is 1. The molecule has 33 heavy (non-hydrogen) atoms. The first-order valence-corrected chi connectivity index (χ1v) is 10.8. The average molecular weight is 450 g/mol. The van der Waals surface area contributed by atoms with E-state index in [1.165, 1.54) is 5.56 Å². The van der Waals surface area contributed by atoms with Crippen LogP contribution in [0.25, 0.3) is 17.0 Å². The Morgan fingerprint density at radius 3 is 2.61 bits per heavy atom. The van der Waals surface area contributed by atoms with Crippen LogP contribution in [-0.2, 0) is 17.8 Å². The van der Waals surface area contributed by atoms with Crippen molar-refractivity contribution in [2.75, 3.05) is 6.54 Å². The number of fused-ring (bicyclic) bond motifs is 1. The van der Waals surface area contributed by atoms with E-state index in [0.29, 0.717) is 12.1 Å². The molecule has 0 aliphatic heterocycles. The Kier molecular flexibility index (Phi) is 7.91. The second-order valence-electron chi connectivity index (χ2n) is 7.70. The van der Waals surface area contributed by atoms with E-state index in [0.717, 1.165) is 30.0 Å². The monoisotopic (exact) mass is 449 g/mol. The van der Waals surface area contributed by atoms with Gasteiger partial charge in [0.05, 0.1) is 24.1 Å².